The maximum Gasteiger partial charge on any atom is 0.0766 e. The molecule has 5 heteroatoms. The second-order valence-electron chi connectivity index (χ2n) is 5.32. The number of hydrogen-bond donors (Lipinski definition) is 2. The Labute approximate surface area is 117 Å². The molecule has 0 amide bonds. The number of nitrogens with zero attached hydrogens (tertiary/aromatic N) is 2. The highest BCUT2D eigenvalue weighted by molar-refractivity contribution is 9.10. The van der Waals surface area contributed by atoms with Crippen LogP contribution >= 0.6 is 15.9 Å². The number of nitrogens with one attached hydrogen (secondary N) is 1. The molecule has 0 bridgehead atoms. The van der Waals surface area contributed by atoms with Gasteiger partial charge in [-0.25, -0.2) is 0 Å². The Kier molecular flexibility index (Phi) is 4.14. The van der Waals surface area contributed by atoms with Gasteiger partial charge in [-0.2, -0.15) is 5.10 Å². The fourth-order valence-corrected chi connectivity index (χ4v) is 3.38. The predicted octanol–water partition coefficient (Wildman–Crippen LogP) is 1.65. The third-order valence-corrected chi connectivity index (χ3v) is 4.99. The Balaban J connectivity index is 2.25. The Morgan fingerprint density at radius 3 is 2.89 bits per heavy atom. The number of aryl methyl sites for hydroxylation is 2. The van der Waals surface area contributed by atoms with Crippen LogP contribution in [0.3, 0.4) is 0 Å². The molecular weight excluding hydrogens is 294 g/mol. The van der Waals surface area contributed by atoms with Gasteiger partial charge >= 0.3 is 0 Å². The smallest absolute Gasteiger partial charge is 0.0766 e. The van der Waals surface area contributed by atoms with Crippen molar-refractivity contribution in [1.82, 2.24) is 15.1 Å². The highest BCUT2D eigenvalue weighted by atomic mass is 79.9. The molecule has 2 unspecified atom stereocenters. The van der Waals surface area contributed by atoms with Crippen molar-refractivity contribution in [1.29, 1.82) is 0 Å². The molecule has 1 fully saturated rings. The van der Waals surface area contributed by atoms with Crippen molar-refractivity contribution in [3.8, 4) is 0 Å². The zero-order chi connectivity index (χ0) is 13.3. The van der Waals surface area contributed by atoms with Crippen LogP contribution in [0.15, 0.2) is 4.47 Å². The third kappa shape index (κ3) is 2.49. The second kappa shape index (κ2) is 5.31. The molecule has 0 saturated carbocycles. The van der Waals surface area contributed by atoms with E-state index in [2.05, 4.69) is 40.2 Å². The maximum absolute atomic E-state index is 10.8. The number of hydrogen-bond acceptors (Lipinski definition) is 3. The van der Waals surface area contributed by atoms with E-state index in [4.69, 9.17) is 0 Å². The summed E-state index contributed by atoms with van der Waals surface area (Å²) in [6.07, 6.45) is 2.37. The van der Waals surface area contributed by atoms with Crippen molar-refractivity contribution < 1.29 is 5.11 Å². The Morgan fingerprint density at radius 2 is 2.33 bits per heavy atom. The van der Waals surface area contributed by atoms with Gasteiger partial charge in [0.2, 0.25) is 0 Å². The van der Waals surface area contributed by atoms with Gasteiger partial charge in [-0.1, -0.05) is 13.8 Å². The quantitative estimate of drug-likeness (QED) is 0.891. The van der Waals surface area contributed by atoms with Crippen molar-refractivity contribution in [3.63, 3.8) is 0 Å². The fraction of sp³-hybridized carbons (Fsp3) is 0.769. The van der Waals surface area contributed by atoms with Crippen molar-refractivity contribution in [2.24, 2.45) is 13.0 Å². The van der Waals surface area contributed by atoms with Gasteiger partial charge in [0.1, 0.15) is 0 Å². The van der Waals surface area contributed by atoms with Gasteiger partial charge in [0.25, 0.3) is 0 Å². The topological polar surface area (TPSA) is 50.1 Å². The molecule has 0 aromatic carbocycles. The minimum absolute atomic E-state index is 0.262. The van der Waals surface area contributed by atoms with Gasteiger partial charge in [0.15, 0.2) is 0 Å². The Bertz CT molecular complexity index is 432. The molecule has 1 saturated heterocycles. The SMILES string of the molecule is CCc1nn(C)c(CC2(O)CCNCC2C)c1Br. The van der Waals surface area contributed by atoms with E-state index in [1.54, 1.807) is 0 Å². The van der Waals surface area contributed by atoms with Crippen LogP contribution < -0.4 is 5.32 Å². The van der Waals surface area contributed by atoms with E-state index in [0.29, 0.717) is 6.42 Å². The highest BCUT2D eigenvalue weighted by Crippen LogP contribution is 2.32. The summed E-state index contributed by atoms with van der Waals surface area (Å²) in [6.45, 7) is 5.97. The normalized spacial score (nSPS) is 28.6. The molecule has 18 heavy (non-hydrogen) atoms. The van der Waals surface area contributed by atoms with Crippen LogP contribution in [0.2, 0.25) is 0 Å². The van der Waals surface area contributed by atoms with E-state index in [9.17, 15) is 5.11 Å². The van der Waals surface area contributed by atoms with Crippen molar-refractivity contribution in [2.45, 2.75) is 38.7 Å². The van der Waals surface area contributed by atoms with E-state index in [1.165, 1.54) is 0 Å². The molecule has 0 spiro atoms. The van der Waals surface area contributed by atoms with Gasteiger partial charge in [-0.15, -0.1) is 0 Å². The molecule has 1 aromatic heterocycles. The minimum atomic E-state index is -0.618. The van der Waals surface area contributed by atoms with E-state index >= 15 is 0 Å². The van der Waals surface area contributed by atoms with Crippen LogP contribution in [0.4, 0.5) is 0 Å². The zero-order valence-corrected chi connectivity index (χ0v) is 12.9. The van der Waals surface area contributed by atoms with Crippen molar-refractivity contribution in [3.05, 3.63) is 15.9 Å². The van der Waals surface area contributed by atoms with Crippen LogP contribution in [-0.2, 0) is 19.9 Å². The number of aromatic nitrogens is 2. The fourth-order valence-electron chi connectivity index (χ4n) is 2.62. The van der Waals surface area contributed by atoms with Gasteiger partial charge in [-0.3, -0.25) is 4.68 Å². The van der Waals surface area contributed by atoms with E-state index in [1.807, 2.05) is 11.7 Å². The molecule has 1 aromatic rings. The monoisotopic (exact) mass is 315 g/mol. The summed E-state index contributed by atoms with van der Waals surface area (Å²) in [5.41, 5.74) is 1.55. The number of halogens is 1. The molecule has 4 nitrogen and oxygen atoms in total. The summed E-state index contributed by atoms with van der Waals surface area (Å²) < 4.78 is 2.96. The molecule has 1 aliphatic heterocycles. The molecule has 0 aliphatic carbocycles. The second-order valence-corrected chi connectivity index (χ2v) is 6.11. The largest absolute Gasteiger partial charge is 0.389 e. The van der Waals surface area contributed by atoms with E-state index in [0.717, 1.165) is 41.8 Å². The zero-order valence-electron chi connectivity index (χ0n) is 11.3. The lowest BCUT2D eigenvalue weighted by Gasteiger charge is -2.38. The van der Waals surface area contributed by atoms with Crippen LogP contribution in [0, 0.1) is 5.92 Å². The number of rotatable bonds is 3. The lowest BCUT2D eigenvalue weighted by molar-refractivity contribution is -0.0344. The maximum atomic E-state index is 10.8. The van der Waals surface area contributed by atoms with Crippen molar-refractivity contribution in [2.75, 3.05) is 13.1 Å². The molecule has 2 heterocycles. The highest BCUT2D eigenvalue weighted by Gasteiger charge is 2.37. The van der Waals surface area contributed by atoms with E-state index in [-0.39, 0.29) is 5.92 Å². The van der Waals surface area contributed by atoms with E-state index < -0.39 is 5.60 Å². The van der Waals surface area contributed by atoms with Gasteiger partial charge in [0, 0.05) is 20.0 Å². The summed E-state index contributed by atoms with van der Waals surface area (Å²) in [5, 5.41) is 18.6. The average molecular weight is 316 g/mol. The summed E-state index contributed by atoms with van der Waals surface area (Å²) in [4.78, 5) is 0. The lowest BCUT2D eigenvalue weighted by atomic mass is 9.79. The van der Waals surface area contributed by atoms with Crippen molar-refractivity contribution >= 4 is 15.9 Å². The molecule has 2 rings (SSSR count). The standard InChI is InChI=1S/C13H22BrN3O/c1-4-10-12(14)11(17(3)16-10)7-13(18)5-6-15-8-9(13)2/h9,15,18H,4-8H2,1-3H3. The predicted molar refractivity (Wildman–Crippen MR) is 75.6 cm³/mol. The van der Waals surface area contributed by atoms with Gasteiger partial charge in [0.05, 0.1) is 21.5 Å². The van der Waals surface area contributed by atoms with Crippen LogP contribution in [0.1, 0.15) is 31.7 Å². The first-order chi connectivity index (χ1) is 8.48. The molecule has 2 atom stereocenters. The first-order valence-electron chi connectivity index (χ1n) is 6.61. The summed E-state index contributed by atoms with van der Waals surface area (Å²) in [6, 6.07) is 0. The minimum Gasteiger partial charge on any atom is -0.389 e. The Morgan fingerprint density at radius 1 is 1.61 bits per heavy atom. The number of piperidine rings is 1. The summed E-state index contributed by atoms with van der Waals surface area (Å²) >= 11 is 3.62. The number of aliphatic hydroxyl groups is 1. The van der Waals surface area contributed by atoms with Crippen LogP contribution in [0.25, 0.3) is 0 Å². The van der Waals surface area contributed by atoms with Crippen LogP contribution in [-0.4, -0.2) is 33.6 Å². The Hall–Kier alpha value is -0.390. The molecular formula is C13H22BrN3O. The van der Waals surface area contributed by atoms with Crippen LogP contribution in [0.5, 0.6) is 0 Å². The molecule has 102 valence electrons. The summed E-state index contributed by atoms with van der Waals surface area (Å²) in [7, 11) is 1.95. The van der Waals surface area contributed by atoms with Gasteiger partial charge < -0.3 is 10.4 Å². The third-order valence-electron chi connectivity index (χ3n) is 4.08. The molecule has 2 N–H and O–H groups in total. The summed E-state index contributed by atoms with van der Waals surface area (Å²) in [5.74, 6) is 0.262. The first-order valence-corrected chi connectivity index (χ1v) is 7.40. The first kappa shape index (κ1) is 14.0. The molecule has 0 radical (unpaired) electrons. The lowest BCUT2D eigenvalue weighted by Crippen LogP contribution is -2.50. The molecule has 1 aliphatic rings. The van der Waals surface area contributed by atoms with Gasteiger partial charge in [-0.05, 0) is 41.2 Å². The average Bonchev–Trinajstić information content (AvgIpc) is 2.60.